The molecule has 0 fully saturated rings. The van der Waals surface area contributed by atoms with E-state index >= 15 is 0 Å². The third kappa shape index (κ3) is 5.68. The fraction of sp³-hybridized carbons (Fsp3) is 0.280. The maximum Gasteiger partial charge on any atom is 0.283 e. The van der Waals surface area contributed by atoms with E-state index in [-0.39, 0.29) is 18.0 Å². The fourth-order valence-corrected chi connectivity index (χ4v) is 4.66. The quantitative estimate of drug-likeness (QED) is 0.373. The molecule has 2 aromatic rings. The number of carbonyl (C=O) groups excluding carboxylic acids is 1. The number of benzene rings is 2. The molecule has 0 atom stereocenters. The Bertz CT molecular complexity index is 1270. The van der Waals surface area contributed by atoms with Gasteiger partial charge in [-0.2, -0.15) is 15.1 Å². The lowest BCUT2D eigenvalue weighted by Gasteiger charge is -2.20. The van der Waals surface area contributed by atoms with Gasteiger partial charge in [-0.1, -0.05) is 17.7 Å². The molecule has 2 aliphatic rings. The van der Waals surface area contributed by atoms with Crippen molar-refractivity contribution in [3.05, 3.63) is 57.6 Å². The summed E-state index contributed by atoms with van der Waals surface area (Å²) in [5.41, 5.74) is 2.95. The maximum absolute atomic E-state index is 12.6. The third-order valence-electron chi connectivity index (χ3n) is 4.99. The molecule has 0 aliphatic carbocycles. The van der Waals surface area contributed by atoms with Crippen molar-refractivity contribution in [2.24, 2.45) is 10.1 Å². The van der Waals surface area contributed by atoms with E-state index in [0.717, 1.165) is 16.9 Å². The van der Waals surface area contributed by atoms with Crippen LogP contribution in [0.2, 0.25) is 5.02 Å². The largest absolute Gasteiger partial charge is 0.490 e. The van der Waals surface area contributed by atoms with E-state index in [4.69, 9.17) is 31.2 Å². The topological polar surface area (TPSA) is 96.6 Å². The minimum Gasteiger partial charge on any atom is -0.490 e. The molecule has 0 bridgehead atoms. The first kappa shape index (κ1) is 24.8. The Morgan fingerprint density at radius 1 is 1.06 bits per heavy atom. The van der Waals surface area contributed by atoms with E-state index in [1.807, 2.05) is 32.9 Å². The molecule has 0 aromatic heterocycles. The Balaban J connectivity index is 1.51. The summed E-state index contributed by atoms with van der Waals surface area (Å²) in [6, 6.07) is 9.40. The molecule has 35 heavy (non-hydrogen) atoms. The monoisotopic (exact) mass is 512 g/mol. The van der Waals surface area contributed by atoms with E-state index in [0.29, 0.717) is 45.5 Å². The van der Waals surface area contributed by atoms with Gasteiger partial charge in [0.1, 0.15) is 19.0 Å². The molecule has 0 saturated heterocycles. The molecule has 0 radical (unpaired) electrons. The second-order valence-corrected chi connectivity index (χ2v) is 9.49. The summed E-state index contributed by atoms with van der Waals surface area (Å²) in [6.07, 6.45) is 1.56. The molecule has 1 N–H and O–H groups in total. The van der Waals surface area contributed by atoms with Crippen molar-refractivity contribution in [1.82, 2.24) is 5.01 Å². The van der Waals surface area contributed by atoms with Crippen LogP contribution in [0.3, 0.4) is 0 Å². The van der Waals surface area contributed by atoms with Crippen LogP contribution in [-0.2, 0) is 4.79 Å². The molecule has 1 amide bonds. The van der Waals surface area contributed by atoms with Crippen LogP contribution in [0.15, 0.2) is 46.0 Å². The number of carbonyl (C=O) groups is 1. The van der Waals surface area contributed by atoms with Crippen molar-refractivity contribution in [3.63, 3.8) is 0 Å². The van der Waals surface area contributed by atoms with Crippen LogP contribution in [0.25, 0.3) is 6.08 Å². The fourth-order valence-electron chi connectivity index (χ4n) is 3.65. The SMILES string of the molecule is CCOc1cc(C=C2C(=N)N3N=C(C)SC3=NC2=O)cc(Cl)c1OCCOc1cc(C)cc(C)c1. The highest BCUT2D eigenvalue weighted by molar-refractivity contribution is 8.26. The summed E-state index contributed by atoms with van der Waals surface area (Å²) >= 11 is 7.79. The number of fused-ring (bicyclic) bond motifs is 1. The number of nitrogens with zero attached hydrogens (tertiary/aromatic N) is 3. The van der Waals surface area contributed by atoms with E-state index in [2.05, 4.69) is 16.2 Å². The molecular weight excluding hydrogens is 488 g/mol. The maximum atomic E-state index is 12.6. The van der Waals surface area contributed by atoms with E-state index < -0.39 is 5.91 Å². The second kappa shape index (κ2) is 10.5. The molecule has 0 saturated carbocycles. The highest BCUT2D eigenvalue weighted by Gasteiger charge is 2.34. The predicted octanol–water partition coefficient (Wildman–Crippen LogP) is 5.45. The van der Waals surface area contributed by atoms with Gasteiger partial charge >= 0.3 is 0 Å². The van der Waals surface area contributed by atoms with Crippen LogP contribution in [-0.4, -0.2) is 46.8 Å². The molecule has 182 valence electrons. The standard InChI is InChI=1S/C25H25ClN4O4S/c1-5-32-21-13-17(11-19-23(27)30-25(28-24(19)31)35-16(4)29-30)12-20(26)22(21)34-7-6-33-18-9-14(2)8-15(3)10-18/h8-13,27H,5-7H2,1-4H3. The number of hydrogen-bond donors (Lipinski definition) is 1. The van der Waals surface area contributed by atoms with Gasteiger partial charge in [0.2, 0.25) is 5.17 Å². The van der Waals surface area contributed by atoms with Crippen LogP contribution in [0.4, 0.5) is 0 Å². The van der Waals surface area contributed by atoms with Gasteiger partial charge < -0.3 is 14.2 Å². The zero-order valence-corrected chi connectivity index (χ0v) is 21.4. The number of aryl methyl sites for hydroxylation is 2. The van der Waals surface area contributed by atoms with Crippen molar-refractivity contribution in [3.8, 4) is 17.2 Å². The van der Waals surface area contributed by atoms with Gasteiger partial charge in [0.15, 0.2) is 17.3 Å². The van der Waals surface area contributed by atoms with Gasteiger partial charge in [-0.05, 0) is 86.5 Å². The van der Waals surface area contributed by atoms with E-state index in [1.54, 1.807) is 25.1 Å². The zero-order valence-electron chi connectivity index (χ0n) is 19.8. The minimum atomic E-state index is -0.503. The number of ether oxygens (including phenoxy) is 3. The molecule has 4 rings (SSSR count). The van der Waals surface area contributed by atoms with Crippen LogP contribution < -0.4 is 14.2 Å². The van der Waals surface area contributed by atoms with Gasteiger partial charge in [-0.25, -0.2) is 0 Å². The average molecular weight is 513 g/mol. The minimum absolute atomic E-state index is 0.0395. The van der Waals surface area contributed by atoms with Crippen LogP contribution >= 0.6 is 23.4 Å². The number of aliphatic imine (C=N–C) groups is 1. The van der Waals surface area contributed by atoms with Gasteiger partial charge in [-0.3, -0.25) is 10.2 Å². The van der Waals surface area contributed by atoms with Crippen molar-refractivity contribution in [1.29, 1.82) is 5.41 Å². The number of nitrogens with one attached hydrogen (secondary N) is 1. The predicted molar refractivity (Wildman–Crippen MR) is 140 cm³/mol. The molecule has 0 unspecified atom stereocenters. The van der Waals surface area contributed by atoms with Crippen LogP contribution in [0.1, 0.15) is 30.5 Å². The normalized spacial score (nSPS) is 16.3. The van der Waals surface area contributed by atoms with Crippen molar-refractivity contribution in [2.45, 2.75) is 27.7 Å². The van der Waals surface area contributed by atoms with E-state index in [9.17, 15) is 4.79 Å². The molecule has 8 nitrogen and oxygen atoms in total. The summed E-state index contributed by atoms with van der Waals surface area (Å²) in [5.74, 6) is 1.06. The lowest BCUT2D eigenvalue weighted by atomic mass is 10.1. The number of hydrogen-bond acceptors (Lipinski definition) is 7. The highest BCUT2D eigenvalue weighted by Crippen LogP contribution is 2.38. The molecular formula is C25H25ClN4O4S. The Morgan fingerprint density at radius 2 is 1.77 bits per heavy atom. The Morgan fingerprint density at radius 3 is 2.49 bits per heavy atom. The molecule has 0 spiro atoms. The molecule has 2 aromatic carbocycles. The summed E-state index contributed by atoms with van der Waals surface area (Å²) < 4.78 is 17.5. The van der Waals surface area contributed by atoms with Gasteiger partial charge in [0.25, 0.3) is 5.91 Å². The summed E-state index contributed by atoms with van der Waals surface area (Å²) in [6.45, 7) is 8.68. The summed E-state index contributed by atoms with van der Waals surface area (Å²) in [5, 5.41) is 15.4. The number of thioether (sulfide) groups is 1. The van der Waals surface area contributed by atoms with Crippen molar-refractivity contribution < 1.29 is 19.0 Å². The third-order valence-corrected chi connectivity index (χ3v) is 6.10. The zero-order chi connectivity index (χ0) is 25.1. The Kier molecular flexibility index (Phi) is 7.47. The van der Waals surface area contributed by atoms with Crippen LogP contribution in [0, 0.1) is 19.3 Å². The number of hydrazone groups is 1. The number of rotatable bonds is 8. The highest BCUT2D eigenvalue weighted by atomic mass is 35.5. The smallest absolute Gasteiger partial charge is 0.283 e. The van der Waals surface area contributed by atoms with Crippen molar-refractivity contribution >= 4 is 51.4 Å². The first-order valence-corrected chi connectivity index (χ1v) is 12.2. The number of amidine groups is 2. The lowest BCUT2D eigenvalue weighted by Crippen LogP contribution is -2.35. The summed E-state index contributed by atoms with van der Waals surface area (Å²) in [7, 11) is 0. The molecule has 2 heterocycles. The van der Waals surface area contributed by atoms with Crippen molar-refractivity contribution in [2.75, 3.05) is 19.8 Å². The van der Waals surface area contributed by atoms with E-state index in [1.165, 1.54) is 16.8 Å². The first-order chi connectivity index (χ1) is 16.7. The lowest BCUT2D eigenvalue weighted by molar-refractivity contribution is -0.114. The first-order valence-electron chi connectivity index (χ1n) is 11.0. The Labute approximate surface area is 213 Å². The van der Waals surface area contributed by atoms with Gasteiger partial charge in [0.05, 0.1) is 22.2 Å². The van der Waals surface area contributed by atoms with Gasteiger partial charge in [0, 0.05) is 0 Å². The number of halogens is 1. The van der Waals surface area contributed by atoms with Gasteiger partial charge in [-0.15, -0.1) is 0 Å². The number of amides is 1. The average Bonchev–Trinajstić information content (AvgIpc) is 3.15. The summed E-state index contributed by atoms with van der Waals surface area (Å²) in [4.78, 5) is 16.6. The molecule has 2 aliphatic heterocycles. The second-order valence-electron chi connectivity index (χ2n) is 7.92. The molecule has 10 heteroatoms. The Hall–Kier alpha value is -3.30. The van der Waals surface area contributed by atoms with Crippen LogP contribution in [0.5, 0.6) is 17.2 Å².